The predicted octanol–water partition coefficient (Wildman–Crippen LogP) is 9.29. The molecule has 0 amide bonds. The molecule has 0 saturated heterocycles. The summed E-state index contributed by atoms with van der Waals surface area (Å²) in [6.07, 6.45) is -10.6. The molecule has 3 nitrogen and oxygen atoms in total. The van der Waals surface area contributed by atoms with E-state index in [1.807, 2.05) is 36.4 Å². The van der Waals surface area contributed by atoms with Crippen LogP contribution in [0.3, 0.4) is 0 Å². The number of alkyl halides is 6. The van der Waals surface area contributed by atoms with E-state index in [2.05, 4.69) is 16.3 Å². The van der Waals surface area contributed by atoms with Gasteiger partial charge in [-0.05, 0) is 43.9 Å². The number of thiophene rings is 1. The second-order valence-corrected chi connectivity index (χ2v) is 9.48. The molecule has 0 aliphatic carbocycles. The first-order valence-electron chi connectivity index (χ1n) is 11.2. The molecule has 0 atom stereocenters. The van der Waals surface area contributed by atoms with Crippen molar-refractivity contribution in [2.45, 2.75) is 12.4 Å². The van der Waals surface area contributed by atoms with E-state index in [1.54, 1.807) is 24.3 Å². The SMILES string of the molecule is FC(F)(F)c1cccc(Oc2nnc(-c3[c-]c4ccccc4s3)c3cc4ccccc4cc23)c1C(F)(F)F.[Ir]. The minimum Gasteiger partial charge on any atom is -0.436 e. The van der Waals surface area contributed by atoms with E-state index in [4.69, 9.17) is 4.74 Å². The number of aromatic nitrogens is 2. The number of hydrogen-bond donors (Lipinski definition) is 0. The summed E-state index contributed by atoms with van der Waals surface area (Å²) in [7, 11) is 0. The van der Waals surface area contributed by atoms with Gasteiger partial charge in [-0.1, -0.05) is 48.5 Å². The minimum absolute atomic E-state index is 0. The zero-order valence-electron chi connectivity index (χ0n) is 19.3. The predicted molar refractivity (Wildman–Crippen MR) is 133 cm³/mol. The largest absolute Gasteiger partial charge is 0.436 e. The Morgan fingerprint density at radius 1 is 0.718 bits per heavy atom. The number of nitrogens with zero attached hydrogens (tertiary/aromatic N) is 2. The van der Waals surface area contributed by atoms with E-state index < -0.39 is 29.2 Å². The van der Waals surface area contributed by atoms with E-state index in [0.717, 1.165) is 33.0 Å². The Hall–Kier alpha value is -3.53. The first-order chi connectivity index (χ1) is 18.1. The van der Waals surface area contributed by atoms with Crippen molar-refractivity contribution in [3.05, 3.63) is 96.1 Å². The number of hydrogen-bond acceptors (Lipinski definition) is 4. The second kappa shape index (κ2) is 9.89. The summed E-state index contributed by atoms with van der Waals surface area (Å²) in [5, 5.41) is 11.5. The van der Waals surface area contributed by atoms with E-state index in [-0.39, 0.29) is 26.0 Å². The van der Waals surface area contributed by atoms with Crippen molar-refractivity contribution in [3.8, 4) is 22.2 Å². The fourth-order valence-electron chi connectivity index (χ4n) is 4.33. The van der Waals surface area contributed by atoms with Gasteiger partial charge in [0.15, 0.2) is 0 Å². The average Bonchev–Trinajstić information content (AvgIpc) is 3.30. The summed E-state index contributed by atoms with van der Waals surface area (Å²) in [4.78, 5) is 0.653. The van der Waals surface area contributed by atoms with E-state index in [0.29, 0.717) is 27.4 Å². The number of ether oxygens (including phenoxy) is 1. The van der Waals surface area contributed by atoms with E-state index in [1.165, 1.54) is 11.3 Å². The summed E-state index contributed by atoms with van der Waals surface area (Å²) < 4.78 is 88.3. The molecule has 6 rings (SSSR count). The third-order valence-electron chi connectivity index (χ3n) is 6.00. The van der Waals surface area contributed by atoms with Crippen LogP contribution in [0, 0.1) is 6.07 Å². The first-order valence-corrected chi connectivity index (χ1v) is 12.0. The standard InChI is InChI=1S/C28H13F6N2OS.Ir/c29-27(30,31)20-9-5-10-21(24(20)28(32,33)34)37-26-19-13-16-7-2-1-6-15(16)12-18(19)25(35-36-26)23-14-17-8-3-4-11-22(17)38-23;/h1-13H;/q-1;. The van der Waals surface area contributed by atoms with Gasteiger partial charge in [0.1, 0.15) is 11.3 Å². The summed E-state index contributed by atoms with van der Waals surface area (Å²) >= 11 is 1.42. The molecule has 0 saturated carbocycles. The fourth-order valence-corrected chi connectivity index (χ4v) is 5.34. The molecule has 199 valence electrons. The Bertz CT molecular complexity index is 1820. The topological polar surface area (TPSA) is 35.0 Å². The monoisotopic (exact) mass is 732 g/mol. The number of halogens is 6. The first kappa shape index (κ1) is 27.1. The van der Waals surface area contributed by atoms with Crippen molar-refractivity contribution in [1.29, 1.82) is 0 Å². The van der Waals surface area contributed by atoms with Gasteiger partial charge in [-0.15, -0.1) is 28.7 Å². The number of rotatable bonds is 3. The second-order valence-electron chi connectivity index (χ2n) is 8.43. The molecule has 1 radical (unpaired) electrons. The van der Waals surface area contributed by atoms with Gasteiger partial charge in [-0.2, -0.15) is 31.4 Å². The maximum atomic E-state index is 13.8. The zero-order chi connectivity index (χ0) is 26.7. The fraction of sp³-hybridized carbons (Fsp3) is 0.0714. The molecule has 39 heavy (non-hydrogen) atoms. The quantitative estimate of drug-likeness (QED) is 0.103. The van der Waals surface area contributed by atoms with Gasteiger partial charge >= 0.3 is 12.4 Å². The molecule has 0 aliphatic rings. The van der Waals surface area contributed by atoms with Crippen LogP contribution in [0.2, 0.25) is 0 Å². The van der Waals surface area contributed by atoms with Crippen molar-refractivity contribution < 1.29 is 51.2 Å². The number of benzene rings is 4. The van der Waals surface area contributed by atoms with Gasteiger partial charge in [-0.3, -0.25) is 0 Å². The summed E-state index contributed by atoms with van der Waals surface area (Å²) in [5.74, 6) is -1.36. The maximum absolute atomic E-state index is 13.8. The Morgan fingerprint density at radius 3 is 2.05 bits per heavy atom. The molecule has 0 bridgehead atoms. The van der Waals surface area contributed by atoms with Gasteiger partial charge in [0.05, 0.1) is 5.56 Å². The van der Waals surface area contributed by atoms with Gasteiger partial charge in [0, 0.05) is 31.2 Å². The Morgan fingerprint density at radius 2 is 1.38 bits per heavy atom. The molecule has 0 spiro atoms. The maximum Gasteiger partial charge on any atom is 0.420 e. The van der Waals surface area contributed by atoms with Gasteiger partial charge in [0.2, 0.25) is 5.88 Å². The normalized spacial score (nSPS) is 12.2. The molecule has 4 aromatic carbocycles. The molecule has 0 unspecified atom stereocenters. The van der Waals surface area contributed by atoms with Crippen LogP contribution >= 0.6 is 11.3 Å². The van der Waals surface area contributed by atoms with Crippen molar-refractivity contribution in [1.82, 2.24) is 10.2 Å². The smallest absolute Gasteiger partial charge is 0.420 e. The van der Waals surface area contributed by atoms with Crippen molar-refractivity contribution in [3.63, 3.8) is 0 Å². The summed E-state index contributed by atoms with van der Waals surface area (Å²) in [5.41, 5.74) is -3.34. The summed E-state index contributed by atoms with van der Waals surface area (Å²) in [6.45, 7) is 0. The molecular weight excluding hydrogens is 719 g/mol. The minimum atomic E-state index is -5.33. The van der Waals surface area contributed by atoms with Crippen LogP contribution in [0.25, 0.3) is 42.2 Å². The van der Waals surface area contributed by atoms with Crippen LogP contribution in [-0.4, -0.2) is 10.2 Å². The average molecular weight is 732 g/mol. The van der Waals surface area contributed by atoms with Crippen LogP contribution in [0.4, 0.5) is 26.3 Å². The zero-order valence-corrected chi connectivity index (χ0v) is 22.5. The number of fused-ring (bicyclic) bond motifs is 3. The van der Waals surface area contributed by atoms with Crippen molar-refractivity contribution in [2.75, 3.05) is 0 Å². The van der Waals surface area contributed by atoms with Crippen LogP contribution in [-0.2, 0) is 32.5 Å². The van der Waals surface area contributed by atoms with Crippen LogP contribution in [0.15, 0.2) is 78.9 Å². The molecule has 2 heterocycles. The van der Waals surface area contributed by atoms with Crippen LogP contribution in [0.1, 0.15) is 11.1 Å². The van der Waals surface area contributed by atoms with Gasteiger partial charge in [0.25, 0.3) is 0 Å². The molecule has 0 fully saturated rings. The Kier molecular flexibility index (Phi) is 6.86. The van der Waals surface area contributed by atoms with E-state index in [9.17, 15) is 26.3 Å². The molecule has 2 aromatic heterocycles. The van der Waals surface area contributed by atoms with Gasteiger partial charge in [-0.25, -0.2) is 11.3 Å². The van der Waals surface area contributed by atoms with Gasteiger partial charge < -0.3 is 4.74 Å². The molecule has 0 N–H and O–H groups in total. The van der Waals surface area contributed by atoms with Crippen LogP contribution < -0.4 is 4.74 Å². The summed E-state index contributed by atoms with van der Waals surface area (Å²) in [6, 6.07) is 23.7. The van der Waals surface area contributed by atoms with Crippen molar-refractivity contribution in [2.24, 2.45) is 0 Å². The molecule has 6 aromatic rings. The van der Waals surface area contributed by atoms with Crippen molar-refractivity contribution >= 4 is 43.0 Å². The molecule has 11 heteroatoms. The molecule has 0 aliphatic heterocycles. The Labute approximate surface area is 234 Å². The van der Waals surface area contributed by atoms with E-state index >= 15 is 0 Å². The third-order valence-corrected chi connectivity index (χ3v) is 7.07. The molecular formula is C28H13F6IrN2OS-. The van der Waals surface area contributed by atoms with Crippen LogP contribution in [0.5, 0.6) is 11.6 Å². The Balaban J connectivity index is 0.00000308. The third kappa shape index (κ3) is 4.97.